The lowest BCUT2D eigenvalue weighted by atomic mass is 10.1. The molecule has 2 aromatic carbocycles. The fourth-order valence-electron chi connectivity index (χ4n) is 3.74. The summed E-state index contributed by atoms with van der Waals surface area (Å²) in [5.74, 6) is -0.0366. The number of rotatable bonds is 4. The Morgan fingerprint density at radius 2 is 1.62 bits per heavy atom. The van der Waals surface area contributed by atoms with Gasteiger partial charge in [0.2, 0.25) is 0 Å². The van der Waals surface area contributed by atoms with Crippen molar-refractivity contribution in [2.45, 2.75) is 6.54 Å². The largest absolute Gasteiger partial charge is 0.347 e. The summed E-state index contributed by atoms with van der Waals surface area (Å²) in [5.41, 5.74) is 3.32. The number of aromatic nitrogens is 1. The first-order valence-electron chi connectivity index (χ1n) is 9.92. The predicted octanol–water partition coefficient (Wildman–Crippen LogP) is 2.50. The van der Waals surface area contributed by atoms with Crippen molar-refractivity contribution in [3.05, 3.63) is 71.4 Å². The minimum absolute atomic E-state index is 0.0733. The van der Waals surface area contributed by atoms with Gasteiger partial charge in [-0.1, -0.05) is 30.3 Å². The third-order valence-electron chi connectivity index (χ3n) is 5.63. The van der Waals surface area contributed by atoms with Crippen molar-refractivity contribution in [1.29, 1.82) is 0 Å². The molecular formula is C23H26N4O2. The molecule has 0 radical (unpaired) electrons. The summed E-state index contributed by atoms with van der Waals surface area (Å²) in [4.78, 5) is 29.4. The molecule has 2 amide bonds. The number of piperazine rings is 1. The Kier molecular flexibility index (Phi) is 5.36. The lowest BCUT2D eigenvalue weighted by Crippen LogP contribution is -2.47. The van der Waals surface area contributed by atoms with Crippen LogP contribution in [0.3, 0.4) is 0 Å². The summed E-state index contributed by atoms with van der Waals surface area (Å²) in [7, 11) is 3.97. The van der Waals surface area contributed by atoms with Crippen molar-refractivity contribution in [2.75, 3.05) is 33.2 Å². The summed E-state index contributed by atoms with van der Waals surface area (Å²) in [6.07, 6.45) is 0. The van der Waals surface area contributed by atoms with Crippen LogP contribution in [-0.4, -0.2) is 59.4 Å². The molecular weight excluding hydrogens is 364 g/mol. The van der Waals surface area contributed by atoms with Crippen LogP contribution in [0.4, 0.5) is 0 Å². The van der Waals surface area contributed by atoms with Crippen molar-refractivity contribution < 1.29 is 9.59 Å². The second-order valence-electron chi connectivity index (χ2n) is 7.62. The van der Waals surface area contributed by atoms with E-state index in [0.29, 0.717) is 17.8 Å². The van der Waals surface area contributed by atoms with E-state index in [1.54, 1.807) is 0 Å². The maximum Gasteiger partial charge on any atom is 0.268 e. The molecule has 150 valence electrons. The van der Waals surface area contributed by atoms with E-state index in [9.17, 15) is 9.59 Å². The molecule has 6 heteroatoms. The third-order valence-corrected chi connectivity index (χ3v) is 5.63. The maximum atomic E-state index is 12.6. The zero-order chi connectivity index (χ0) is 20.4. The number of fused-ring (bicyclic) bond motifs is 1. The van der Waals surface area contributed by atoms with Gasteiger partial charge in [-0.15, -0.1) is 0 Å². The number of carbonyl (C=O) groups is 2. The van der Waals surface area contributed by atoms with Gasteiger partial charge in [0.1, 0.15) is 5.69 Å². The van der Waals surface area contributed by atoms with Crippen molar-refractivity contribution in [3.63, 3.8) is 0 Å². The first-order chi connectivity index (χ1) is 14.0. The molecule has 29 heavy (non-hydrogen) atoms. The number of hydrogen-bond acceptors (Lipinski definition) is 3. The summed E-state index contributed by atoms with van der Waals surface area (Å²) >= 11 is 0. The maximum absolute atomic E-state index is 12.6. The molecule has 1 aliphatic rings. The summed E-state index contributed by atoms with van der Waals surface area (Å²) in [5, 5.41) is 4.02. The van der Waals surface area contributed by atoms with E-state index >= 15 is 0 Å². The van der Waals surface area contributed by atoms with E-state index < -0.39 is 0 Å². The Morgan fingerprint density at radius 1 is 0.931 bits per heavy atom. The summed E-state index contributed by atoms with van der Waals surface area (Å²) in [6, 6.07) is 17.4. The average molecular weight is 390 g/mol. The van der Waals surface area contributed by atoms with Crippen LogP contribution in [0.5, 0.6) is 0 Å². The molecule has 0 saturated carbocycles. The van der Waals surface area contributed by atoms with Crippen molar-refractivity contribution in [1.82, 2.24) is 19.7 Å². The molecule has 1 saturated heterocycles. The zero-order valence-corrected chi connectivity index (χ0v) is 16.9. The van der Waals surface area contributed by atoms with Gasteiger partial charge < -0.3 is 19.7 Å². The number of aryl methyl sites for hydroxylation is 1. The lowest BCUT2D eigenvalue weighted by molar-refractivity contribution is 0.0664. The molecule has 4 rings (SSSR count). The highest BCUT2D eigenvalue weighted by Gasteiger charge is 2.20. The number of benzene rings is 2. The average Bonchev–Trinajstić information content (AvgIpc) is 3.09. The summed E-state index contributed by atoms with van der Waals surface area (Å²) < 4.78 is 1.91. The highest BCUT2D eigenvalue weighted by Crippen LogP contribution is 2.18. The van der Waals surface area contributed by atoms with Gasteiger partial charge in [0.05, 0.1) is 0 Å². The fourth-order valence-corrected chi connectivity index (χ4v) is 3.74. The molecule has 1 aromatic heterocycles. The number of nitrogens with one attached hydrogen (secondary N) is 1. The van der Waals surface area contributed by atoms with E-state index in [0.717, 1.165) is 42.6 Å². The minimum Gasteiger partial charge on any atom is -0.347 e. The van der Waals surface area contributed by atoms with E-state index in [1.165, 1.54) is 0 Å². The first kappa shape index (κ1) is 19.2. The topological polar surface area (TPSA) is 57.6 Å². The molecule has 1 fully saturated rings. The van der Waals surface area contributed by atoms with Crippen LogP contribution in [0, 0.1) is 0 Å². The predicted molar refractivity (Wildman–Crippen MR) is 114 cm³/mol. The lowest BCUT2D eigenvalue weighted by Gasteiger charge is -2.32. The van der Waals surface area contributed by atoms with Crippen molar-refractivity contribution in [2.24, 2.45) is 7.05 Å². The number of likely N-dealkylation sites (N-methyl/N-ethyl adjacent to an activating group) is 1. The molecule has 1 N–H and O–H groups in total. The van der Waals surface area contributed by atoms with Gasteiger partial charge in [-0.3, -0.25) is 9.59 Å². The van der Waals surface area contributed by atoms with Gasteiger partial charge in [0.15, 0.2) is 0 Å². The quantitative estimate of drug-likeness (QED) is 0.745. The van der Waals surface area contributed by atoms with Gasteiger partial charge in [0, 0.05) is 56.2 Å². The molecule has 2 heterocycles. The molecule has 0 aliphatic carbocycles. The van der Waals surface area contributed by atoms with Crippen LogP contribution < -0.4 is 5.32 Å². The Hall–Kier alpha value is -3.12. The minimum atomic E-state index is -0.110. The van der Waals surface area contributed by atoms with Crippen LogP contribution in [0.25, 0.3) is 10.9 Å². The second-order valence-corrected chi connectivity index (χ2v) is 7.62. The number of hydrogen-bond donors (Lipinski definition) is 1. The molecule has 0 spiro atoms. The van der Waals surface area contributed by atoms with E-state index in [1.807, 2.05) is 71.1 Å². The summed E-state index contributed by atoms with van der Waals surface area (Å²) in [6.45, 7) is 3.76. The molecule has 0 unspecified atom stereocenters. The number of para-hydroxylation sites is 1. The van der Waals surface area contributed by atoms with E-state index in [-0.39, 0.29) is 11.8 Å². The molecule has 6 nitrogen and oxygen atoms in total. The first-order valence-corrected chi connectivity index (χ1v) is 9.92. The van der Waals surface area contributed by atoms with Crippen molar-refractivity contribution >= 4 is 22.7 Å². The van der Waals surface area contributed by atoms with E-state index in [4.69, 9.17) is 0 Å². The zero-order valence-electron chi connectivity index (χ0n) is 16.9. The van der Waals surface area contributed by atoms with Gasteiger partial charge in [-0.25, -0.2) is 0 Å². The fraction of sp³-hybridized carbons (Fsp3) is 0.304. The second kappa shape index (κ2) is 8.09. The van der Waals surface area contributed by atoms with Crippen LogP contribution in [0.15, 0.2) is 54.6 Å². The van der Waals surface area contributed by atoms with Gasteiger partial charge in [0.25, 0.3) is 11.8 Å². The number of carbonyl (C=O) groups excluding carboxylic acids is 2. The van der Waals surface area contributed by atoms with Gasteiger partial charge in [-0.05, 0) is 36.9 Å². The smallest absolute Gasteiger partial charge is 0.268 e. The number of nitrogens with zero attached hydrogens (tertiary/aromatic N) is 3. The Labute approximate surface area is 170 Å². The molecule has 1 aliphatic heterocycles. The van der Waals surface area contributed by atoms with Crippen LogP contribution in [0.1, 0.15) is 26.4 Å². The SMILES string of the molecule is CN1CCN(C(=O)c2ccc(CNC(=O)c3cc4ccccc4n3C)cc2)CC1. The van der Waals surface area contributed by atoms with Gasteiger partial charge in [-0.2, -0.15) is 0 Å². The van der Waals surface area contributed by atoms with Crippen LogP contribution >= 0.6 is 0 Å². The monoisotopic (exact) mass is 390 g/mol. The molecule has 3 aromatic rings. The Bertz CT molecular complexity index is 1030. The third kappa shape index (κ3) is 4.03. The highest BCUT2D eigenvalue weighted by atomic mass is 16.2. The Morgan fingerprint density at radius 3 is 2.31 bits per heavy atom. The van der Waals surface area contributed by atoms with Gasteiger partial charge >= 0.3 is 0 Å². The van der Waals surface area contributed by atoms with E-state index in [2.05, 4.69) is 17.3 Å². The normalized spacial score (nSPS) is 14.9. The van der Waals surface area contributed by atoms with Crippen molar-refractivity contribution in [3.8, 4) is 0 Å². The standard InChI is InChI=1S/C23H26N4O2/c1-25-11-13-27(14-12-25)23(29)18-9-7-17(8-10-18)16-24-22(28)21-15-19-5-3-4-6-20(19)26(21)2/h3-10,15H,11-14,16H2,1-2H3,(H,24,28). The number of amides is 2. The molecule has 0 bridgehead atoms. The van der Waals surface area contributed by atoms with Crippen LogP contribution in [-0.2, 0) is 13.6 Å². The highest BCUT2D eigenvalue weighted by molar-refractivity contribution is 5.98. The van der Waals surface area contributed by atoms with Crippen LogP contribution in [0.2, 0.25) is 0 Å². The Balaban J connectivity index is 1.38. The molecule has 0 atom stereocenters.